The molecule has 0 spiro atoms. The highest BCUT2D eigenvalue weighted by atomic mass is 32.2. The van der Waals surface area contributed by atoms with Gasteiger partial charge in [-0.2, -0.15) is 0 Å². The number of sulfone groups is 1. The Morgan fingerprint density at radius 1 is 1.10 bits per heavy atom. The van der Waals surface area contributed by atoms with E-state index in [4.69, 9.17) is 0 Å². The first-order chi connectivity index (χ1) is 9.67. The Labute approximate surface area is 121 Å². The van der Waals surface area contributed by atoms with Crippen molar-refractivity contribution in [3.63, 3.8) is 0 Å². The highest BCUT2D eigenvalue weighted by Gasteiger charge is 2.07. The van der Waals surface area contributed by atoms with Crippen molar-refractivity contribution >= 4 is 9.84 Å². The van der Waals surface area contributed by atoms with Crippen molar-refractivity contribution in [3.8, 4) is 0 Å². The Morgan fingerprint density at radius 3 is 2.50 bits per heavy atom. The Kier molecular flexibility index (Phi) is 7.41. The van der Waals surface area contributed by atoms with E-state index < -0.39 is 9.84 Å². The third-order valence-electron chi connectivity index (χ3n) is 2.65. The van der Waals surface area contributed by atoms with Crippen LogP contribution in [0.4, 0.5) is 0 Å². The number of allylic oxidation sites excluding steroid dienone is 4. The molecule has 0 fully saturated rings. The fourth-order valence-corrected chi connectivity index (χ4v) is 2.55. The lowest BCUT2D eigenvalue weighted by Crippen LogP contribution is -1.94. The quantitative estimate of drug-likeness (QED) is 0.403. The summed E-state index contributed by atoms with van der Waals surface area (Å²) >= 11 is 0. The van der Waals surface area contributed by atoms with Gasteiger partial charge in [-0.1, -0.05) is 43.0 Å². The minimum absolute atomic E-state index is 0.301. The summed E-state index contributed by atoms with van der Waals surface area (Å²) in [6, 6.07) is 8.38. The zero-order valence-corrected chi connectivity index (χ0v) is 12.4. The summed E-state index contributed by atoms with van der Waals surface area (Å²) in [7, 11) is -3.35. The molecule has 2 nitrogen and oxygen atoms in total. The average Bonchev–Trinajstić information content (AvgIpc) is 2.46. The first-order valence-electron chi connectivity index (χ1n) is 6.65. The third-order valence-corrected chi connectivity index (χ3v) is 4.03. The van der Waals surface area contributed by atoms with Crippen LogP contribution in [0, 0.1) is 0 Å². The Hall–Kier alpha value is -1.83. The highest BCUT2D eigenvalue weighted by Crippen LogP contribution is 2.10. The molecule has 0 amide bonds. The van der Waals surface area contributed by atoms with Gasteiger partial charge in [0.05, 0.1) is 10.3 Å². The van der Waals surface area contributed by atoms with Crippen molar-refractivity contribution in [3.05, 3.63) is 72.4 Å². The van der Waals surface area contributed by atoms with Crippen molar-refractivity contribution in [1.82, 2.24) is 0 Å². The lowest BCUT2D eigenvalue weighted by molar-refractivity contribution is 0.604. The fraction of sp³-hybridized carbons (Fsp3) is 0.235. The Bertz CT molecular complexity index is 589. The van der Waals surface area contributed by atoms with Crippen LogP contribution < -0.4 is 0 Å². The van der Waals surface area contributed by atoms with Gasteiger partial charge < -0.3 is 0 Å². The maximum absolute atomic E-state index is 11.9. The van der Waals surface area contributed by atoms with E-state index in [2.05, 4.69) is 18.4 Å². The van der Waals surface area contributed by atoms with E-state index in [-0.39, 0.29) is 0 Å². The summed E-state index contributed by atoms with van der Waals surface area (Å²) in [5.41, 5.74) is 2.75. The molecule has 0 radical (unpaired) electrons. The standard InChI is InChI=1S/C17H20O2S/c1-2-3-4-5-6-7-8-9-13-16-20(18,19)17-14-11-10-12-15-17/h2-4,9-12,14-16H,1,5-8H2/b4-3+. The van der Waals surface area contributed by atoms with Crippen molar-refractivity contribution < 1.29 is 8.42 Å². The van der Waals surface area contributed by atoms with E-state index in [1.54, 1.807) is 42.5 Å². The van der Waals surface area contributed by atoms with Crippen LogP contribution >= 0.6 is 0 Å². The predicted molar refractivity (Wildman–Crippen MR) is 84.1 cm³/mol. The van der Waals surface area contributed by atoms with Gasteiger partial charge in [-0.25, -0.2) is 8.42 Å². The summed E-state index contributed by atoms with van der Waals surface area (Å²) in [5.74, 6) is 0. The SMILES string of the molecule is C=C/C=C/CCCCC=C=CS(=O)(=O)c1ccccc1. The van der Waals surface area contributed by atoms with Crippen LogP contribution in [0.15, 0.2) is 77.2 Å². The minimum atomic E-state index is -3.35. The molecule has 0 heterocycles. The first-order valence-corrected chi connectivity index (χ1v) is 8.20. The molecular weight excluding hydrogens is 268 g/mol. The van der Waals surface area contributed by atoms with E-state index in [0.717, 1.165) is 31.1 Å². The lowest BCUT2D eigenvalue weighted by atomic mass is 10.2. The van der Waals surface area contributed by atoms with E-state index in [1.165, 1.54) is 0 Å². The second-order valence-electron chi connectivity index (χ2n) is 4.30. The molecule has 1 aromatic carbocycles. The van der Waals surface area contributed by atoms with Gasteiger partial charge in [0.25, 0.3) is 0 Å². The summed E-state index contributed by atoms with van der Waals surface area (Å²) in [4.78, 5) is 0.301. The molecule has 106 valence electrons. The van der Waals surface area contributed by atoms with Gasteiger partial charge in [-0.15, -0.1) is 5.73 Å². The van der Waals surface area contributed by atoms with Crippen molar-refractivity contribution in [2.45, 2.75) is 30.6 Å². The van der Waals surface area contributed by atoms with Gasteiger partial charge >= 0.3 is 0 Å². The number of hydrogen-bond donors (Lipinski definition) is 0. The molecule has 1 rings (SSSR count). The van der Waals surface area contributed by atoms with Gasteiger partial charge in [-0.3, -0.25) is 0 Å². The van der Waals surface area contributed by atoms with Crippen LogP contribution in [0.2, 0.25) is 0 Å². The van der Waals surface area contributed by atoms with Gasteiger partial charge in [-0.05, 0) is 43.9 Å². The normalized spacial score (nSPS) is 11.0. The maximum atomic E-state index is 11.9. The van der Waals surface area contributed by atoms with Crippen LogP contribution in [-0.4, -0.2) is 8.42 Å². The molecular formula is C17H20O2S. The highest BCUT2D eigenvalue weighted by molar-refractivity contribution is 7.94. The van der Waals surface area contributed by atoms with Crippen molar-refractivity contribution in [2.24, 2.45) is 0 Å². The van der Waals surface area contributed by atoms with Crippen LogP contribution in [0.5, 0.6) is 0 Å². The van der Waals surface area contributed by atoms with Gasteiger partial charge in [0.15, 0.2) is 0 Å². The van der Waals surface area contributed by atoms with Crippen LogP contribution in [-0.2, 0) is 9.84 Å². The average molecular weight is 288 g/mol. The van der Waals surface area contributed by atoms with Crippen LogP contribution in [0.25, 0.3) is 0 Å². The zero-order valence-electron chi connectivity index (χ0n) is 11.5. The summed E-state index contributed by atoms with van der Waals surface area (Å²) in [5, 5.41) is 1.14. The second-order valence-corrected chi connectivity index (χ2v) is 6.09. The number of hydrogen-bond acceptors (Lipinski definition) is 2. The van der Waals surface area contributed by atoms with Crippen LogP contribution in [0.1, 0.15) is 25.7 Å². The molecule has 1 aromatic rings. The van der Waals surface area contributed by atoms with E-state index >= 15 is 0 Å². The predicted octanol–water partition coefficient (Wildman–Crippen LogP) is 4.43. The molecule has 0 aliphatic heterocycles. The fourth-order valence-electron chi connectivity index (χ4n) is 1.60. The minimum Gasteiger partial charge on any atom is -0.218 e. The number of benzene rings is 1. The molecule has 0 bridgehead atoms. The van der Waals surface area contributed by atoms with E-state index in [0.29, 0.717) is 4.90 Å². The molecule has 0 aromatic heterocycles. The maximum Gasteiger partial charge on any atom is 0.207 e. The molecule has 3 heteroatoms. The van der Waals surface area contributed by atoms with E-state index in [9.17, 15) is 8.42 Å². The monoisotopic (exact) mass is 288 g/mol. The molecule has 0 unspecified atom stereocenters. The molecule has 0 N–H and O–H groups in total. The second kappa shape index (κ2) is 9.13. The molecule has 20 heavy (non-hydrogen) atoms. The number of unbranched alkanes of at least 4 members (excludes halogenated alkanes) is 3. The van der Waals surface area contributed by atoms with Gasteiger partial charge in [0.1, 0.15) is 0 Å². The Balaban J connectivity index is 2.42. The summed E-state index contributed by atoms with van der Waals surface area (Å²) in [6.07, 6.45) is 11.5. The topological polar surface area (TPSA) is 34.1 Å². The molecule has 0 aliphatic carbocycles. The zero-order chi connectivity index (χ0) is 14.7. The largest absolute Gasteiger partial charge is 0.218 e. The molecule has 0 aliphatic rings. The smallest absolute Gasteiger partial charge is 0.207 e. The van der Waals surface area contributed by atoms with E-state index in [1.807, 2.05) is 6.08 Å². The number of rotatable bonds is 8. The summed E-state index contributed by atoms with van der Waals surface area (Å²) in [6.45, 7) is 3.60. The van der Waals surface area contributed by atoms with Crippen LogP contribution in [0.3, 0.4) is 0 Å². The third kappa shape index (κ3) is 6.37. The van der Waals surface area contributed by atoms with Crippen molar-refractivity contribution in [1.29, 1.82) is 0 Å². The first kappa shape index (κ1) is 16.2. The molecule has 0 atom stereocenters. The Morgan fingerprint density at radius 2 is 1.80 bits per heavy atom. The summed E-state index contributed by atoms with van der Waals surface area (Å²) < 4.78 is 23.8. The molecule has 0 saturated heterocycles. The molecule has 0 saturated carbocycles. The van der Waals surface area contributed by atoms with Gasteiger partial charge in [0.2, 0.25) is 9.84 Å². The van der Waals surface area contributed by atoms with Gasteiger partial charge in [0, 0.05) is 0 Å². The van der Waals surface area contributed by atoms with Crippen molar-refractivity contribution in [2.75, 3.05) is 0 Å². The lowest BCUT2D eigenvalue weighted by Gasteiger charge is -1.95.